The Labute approximate surface area is 144 Å². The van der Waals surface area contributed by atoms with Gasteiger partial charge >= 0.3 is 0 Å². The Morgan fingerprint density at radius 2 is 1.88 bits per heavy atom. The molecular formula is C21H25NO2. The van der Waals surface area contributed by atoms with E-state index in [4.69, 9.17) is 4.74 Å². The summed E-state index contributed by atoms with van der Waals surface area (Å²) < 4.78 is 5.25. The molecule has 1 aliphatic rings. The summed E-state index contributed by atoms with van der Waals surface area (Å²) in [5, 5.41) is 0. The molecule has 0 unspecified atom stereocenters. The number of rotatable bonds is 5. The molecule has 0 N–H and O–H groups in total. The number of carbonyl (C=O) groups excluding carboxylic acids is 1. The van der Waals surface area contributed by atoms with E-state index in [2.05, 4.69) is 38.1 Å². The number of fused-ring (bicyclic) bond motifs is 1. The molecule has 0 saturated carbocycles. The Kier molecular flexibility index (Phi) is 4.89. The van der Waals surface area contributed by atoms with Gasteiger partial charge in [-0.2, -0.15) is 0 Å². The summed E-state index contributed by atoms with van der Waals surface area (Å²) in [6.07, 6.45) is 3.14. The van der Waals surface area contributed by atoms with Crippen molar-refractivity contribution in [2.24, 2.45) is 5.92 Å². The normalized spacial score (nSPS) is 14.0. The fourth-order valence-corrected chi connectivity index (χ4v) is 3.14. The second-order valence-electron chi connectivity index (χ2n) is 6.83. The van der Waals surface area contributed by atoms with E-state index in [1.807, 2.05) is 23.1 Å². The van der Waals surface area contributed by atoms with Crippen LogP contribution in [0.1, 0.15) is 41.8 Å². The minimum absolute atomic E-state index is 0.0776. The lowest BCUT2D eigenvalue weighted by Crippen LogP contribution is -2.37. The molecule has 126 valence electrons. The first-order valence-electron chi connectivity index (χ1n) is 8.66. The third kappa shape index (κ3) is 3.45. The second kappa shape index (κ2) is 7.08. The molecule has 0 saturated heterocycles. The lowest BCUT2D eigenvalue weighted by atomic mass is 9.97. The number of hydrogen-bond donors (Lipinski definition) is 0. The zero-order valence-corrected chi connectivity index (χ0v) is 14.7. The third-order valence-corrected chi connectivity index (χ3v) is 4.65. The monoisotopic (exact) mass is 323 g/mol. The van der Waals surface area contributed by atoms with Crippen LogP contribution < -0.4 is 9.64 Å². The fraction of sp³-hybridized carbons (Fsp3) is 0.381. The van der Waals surface area contributed by atoms with Crippen LogP contribution in [-0.4, -0.2) is 19.6 Å². The van der Waals surface area contributed by atoms with E-state index in [0.717, 1.165) is 35.4 Å². The summed E-state index contributed by atoms with van der Waals surface area (Å²) in [6, 6.07) is 14.1. The summed E-state index contributed by atoms with van der Waals surface area (Å²) in [7, 11) is 1.65. The molecule has 1 aliphatic heterocycles. The van der Waals surface area contributed by atoms with Crippen molar-refractivity contribution in [1.82, 2.24) is 0 Å². The van der Waals surface area contributed by atoms with Gasteiger partial charge in [-0.3, -0.25) is 4.79 Å². The molecule has 1 amide bonds. The molecular weight excluding hydrogens is 298 g/mol. The first-order chi connectivity index (χ1) is 11.6. The van der Waals surface area contributed by atoms with Crippen LogP contribution in [-0.2, 0) is 12.8 Å². The van der Waals surface area contributed by atoms with Crippen LogP contribution in [0.3, 0.4) is 0 Å². The van der Waals surface area contributed by atoms with Crippen molar-refractivity contribution in [1.29, 1.82) is 0 Å². The van der Waals surface area contributed by atoms with Gasteiger partial charge in [0.2, 0.25) is 0 Å². The van der Waals surface area contributed by atoms with E-state index >= 15 is 0 Å². The Morgan fingerprint density at radius 1 is 1.12 bits per heavy atom. The highest BCUT2D eigenvalue weighted by atomic mass is 16.5. The highest BCUT2D eigenvalue weighted by Gasteiger charge is 2.25. The van der Waals surface area contributed by atoms with E-state index < -0.39 is 0 Å². The molecule has 0 atom stereocenters. The van der Waals surface area contributed by atoms with Gasteiger partial charge in [0.05, 0.1) is 7.11 Å². The van der Waals surface area contributed by atoms with Gasteiger partial charge in [0, 0.05) is 17.8 Å². The molecule has 2 aromatic rings. The first kappa shape index (κ1) is 16.6. The Hall–Kier alpha value is -2.29. The van der Waals surface area contributed by atoms with Gasteiger partial charge in [-0.05, 0) is 66.6 Å². The first-order valence-corrected chi connectivity index (χ1v) is 8.66. The fourth-order valence-electron chi connectivity index (χ4n) is 3.14. The molecule has 0 radical (unpaired) electrons. The number of benzene rings is 2. The molecule has 1 heterocycles. The van der Waals surface area contributed by atoms with Gasteiger partial charge in [-0.1, -0.05) is 26.0 Å². The number of methoxy groups -OCH3 is 1. The van der Waals surface area contributed by atoms with Crippen molar-refractivity contribution < 1.29 is 9.53 Å². The molecule has 0 spiro atoms. The molecule has 0 bridgehead atoms. The van der Waals surface area contributed by atoms with E-state index in [1.165, 1.54) is 12.0 Å². The van der Waals surface area contributed by atoms with Crippen LogP contribution in [0.15, 0.2) is 42.5 Å². The lowest BCUT2D eigenvalue weighted by Gasteiger charge is -2.29. The smallest absolute Gasteiger partial charge is 0.258 e. The van der Waals surface area contributed by atoms with Gasteiger partial charge in [0.1, 0.15) is 5.75 Å². The molecule has 0 aromatic heterocycles. The average Bonchev–Trinajstić information content (AvgIpc) is 2.60. The highest BCUT2D eigenvalue weighted by molar-refractivity contribution is 6.08. The standard InChI is InChI=1S/C21H25NO2/c1-15(2)4-5-16-6-8-18(9-7-16)22-13-12-17-14-19(24-3)10-11-20(17)21(22)23/h6-11,14-15H,4-5,12-13H2,1-3H3. The summed E-state index contributed by atoms with van der Waals surface area (Å²) in [6.45, 7) is 5.20. The van der Waals surface area contributed by atoms with E-state index in [1.54, 1.807) is 7.11 Å². The Bertz CT molecular complexity index is 719. The number of anilines is 1. The van der Waals surface area contributed by atoms with Crippen LogP contribution in [0, 0.1) is 5.92 Å². The maximum atomic E-state index is 12.8. The molecule has 2 aromatic carbocycles. The lowest BCUT2D eigenvalue weighted by molar-refractivity contribution is 0.0980. The molecule has 3 rings (SSSR count). The van der Waals surface area contributed by atoms with Crippen molar-refractivity contribution in [2.45, 2.75) is 33.1 Å². The number of amides is 1. The van der Waals surface area contributed by atoms with Gasteiger partial charge in [-0.15, -0.1) is 0 Å². The zero-order chi connectivity index (χ0) is 17.1. The van der Waals surface area contributed by atoms with Crippen LogP contribution in [0.25, 0.3) is 0 Å². The zero-order valence-electron chi connectivity index (χ0n) is 14.7. The highest BCUT2D eigenvalue weighted by Crippen LogP contribution is 2.27. The number of hydrogen-bond acceptors (Lipinski definition) is 2. The third-order valence-electron chi connectivity index (χ3n) is 4.65. The van der Waals surface area contributed by atoms with Crippen LogP contribution in [0.5, 0.6) is 5.75 Å². The maximum absolute atomic E-state index is 12.8. The number of ether oxygens (including phenoxy) is 1. The summed E-state index contributed by atoms with van der Waals surface area (Å²) in [5.74, 6) is 1.60. The van der Waals surface area contributed by atoms with E-state index in [0.29, 0.717) is 12.5 Å². The molecule has 24 heavy (non-hydrogen) atoms. The minimum atomic E-state index is 0.0776. The van der Waals surface area contributed by atoms with E-state index in [9.17, 15) is 4.79 Å². The Balaban J connectivity index is 1.77. The van der Waals surface area contributed by atoms with Crippen molar-refractivity contribution >= 4 is 11.6 Å². The van der Waals surface area contributed by atoms with Crippen LogP contribution >= 0.6 is 0 Å². The van der Waals surface area contributed by atoms with Crippen molar-refractivity contribution in [3.63, 3.8) is 0 Å². The molecule has 0 aliphatic carbocycles. The SMILES string of the molecule is COc1ccc2c(c1)CCN(c1ccc(CCC(C)C)cc1)C2=O. The van der Waals surface area contributed by atoms with Crippen LogP contribution in [0.2, 0.25) is 0 Å². The van der Waals surface area contributed by atoms with Gasteiger partial charge in [-0.25, -0.2) is 0 Å². The van der Waals surface area contributed by atoms with Crippen molar-refractivity contribution in [3.8, 4) is 5.75 Å². The quantitative estimate of drug-likeness (QED) is 0.811. The Morgan fingerprint density at radius 3 is 2.54 bits per heavy atom. The van der Waals surface area contributed by atoms with E-state index in [-0.39, 0.29) is 5.91 Å². The summed E-state index contributed by atoms with van der Waals surface area (Å²) >= 11 is 0. The van der Waals surface area contributed by atoms with Crippen molar-refractivity contribution in [2.75, 3.05) is 18.6 Å². The number of nitrogens with zero attached hydrogens (tertiary/aromatic N) is 1. The number of aryl methyl sites for hydroxylation is 1. The van der Waals surface area contributed by atoms with Gasteiger partial charge in [0.25, 0.3) is 5.91 Å². The summed E-state index contributed by atoms with van der Waals surface area (Å²) in [4.78, 5) is 14.7. The largest absolute Gasteiger partial charge is 0.497 e. The van der Waals surface area contributed by atoms with Crippen molar-refractivity contribution in [3.05, 3.63) is 59.2 Å². The van der Waals surface area contributed by atoms with Gasteiger partial charge < -0.3 is 9.64 Å². The molecule has 3 heteroatoms. The predicted molar refractivity (Wildman–Crippen MR) is 98.0 cm³/mol. The molecule has 3 nitrogen and oxygen atoms in total. The number of carbonyl (C=O) groups is 1. The average molecular weight is 323 g/mol. The molecule has 0 fully saturated rings. The second-order valence-corrected chi connectivity index (χ2v) is 6.83. The van der Waals surface area contributed by atoms with Crippen LogP contribution in [0.4, 0.5) is 5.69 Å². The summed E-state index contributed by atoms with van der Waals surface area (Å²) in [5.41, 5.74) is 4.17. The predicted octanol–water partition coefficient (Wildman–Crippen LogP) is 4.49. The topological polar surface area (TPSA) is 29.5 Å². The van der Waals surface area contributed by atoms with Gasteiger partial charge in [0.15, 0.2) is 0 Å². The maximum Gasteiger partial charge on any atom is 0.258 e. The minimum Gasteiger partial charge on any atom is -0.497 e.